The maximum atomic E-state index is 6.18. The van der Waals surface area contributed by atoms with Crippen molar-refractivity contribution in [3.8, 4) is 0 Å². The first kappa shape index (κ1) is 15.7. The molecule has 0 aliphatic heterocycles. The predicted molar refractivity (Wildman–Crippen MR) is 89.1 cm³/mol. The van der Waals surface area contributed by atoms with Crippen LogP contribution in [0.15, 0.2) is 52.3 Å². The van der Waals surface area contributed by atoms with Crippen LogP contribution in [0, 0.1) is 0 Å². The van der Waals surface area contributed by atoms with Gasteiger partial charge in [0.2, 0.25) is 0 Å². The second-order valence-corrected chi connectivity index (χ2v) is 6.48. The Morgan fingerprint density at radius 3 is 2.45 bits per heavy atom. The average Bonchev–Trinajstić information content (AvgIpc) is 2.44. The Balaban J connectivity index is 2.12. The van der Waals surface area contributed by atoms with E-state index in [0.717, 1.165) is 21.4 Å². The molecular formula is C16H17Cl2NS. The highest BCUT2D eigenvalue weighted by Gasteiger charge is 2.06. The minimum absolute atomic E-state index is 0.369. The Labute approximate surface area is 134 Å². The van der Waals surface area contributed by atoms with Gasteiger partial charge in [-0.15, -0.1) is 0 Å². The molecule has 1 unspecified atom stereocenters. The van der Waals surface area contributed by atoms with E-state index in [1.165, 1.54) is 5.56 Å². The third-order valence-electron chi connectivity index (χ3n) is 3.01. The second kappa shape index (κ2) is 7.37. The Hall–Kier alpha value is -0.670. The molecule has 0 aromatic heterocycles. The van der Waals surface area contributed by atoms with E-state index in [-0.39, 0.29) is 0 Å². The predicted octanol–water partition coefficient (Wildman–Crippen LogP) is 5.82. The largest absolute Gasteiger partial charge is 0.310 e. The Kier molecular flexibility index (Phi) is 5.79. The van der Waals surface area contributed by atoms with E-state index >= 15 is 0 Å². The topological polar surface area (TPSA) is 12.0 Å². The van der Waals surface area contributed by atoms with Crippen LogP contribution in [0.2, 0.25) is 10.0 Å². The molecule has 0 radical (unpaired) electrons. The Morgan fingerprint density at radius 1 is 1.10 bits per heavy atom. The highest BCUT2D eigenvalue weighted by Crippen LogP contribution is 2.35. The molecule has 1 atom stereocenters. The summed E-state index contributed by atoms with van der Waals surface area (Å²) in [5.74, 6) is 0. The number of rotatable bonds is 5. The summed E-state index contributed by atoms with van der Waals surface area (Å²) in [6.45, 7) is 5.25. The molecule has 0 fully saturated rings. The smallest absolute Gasteiger partial charge is 0.0546 e. The molecule has 4 heteroatoms. The van der Waals surface area contributed by atoms with Crippen LogP contribution in [0.5, 0.6) is 0 Å². The standard InChI is InChI=1S/C16H17Cl2NS/c1-3-19-11(2)12-4-7-14(8-5-12)20-16-10-13(17)6-9-15(16)18/h4-11,19H,3H2,1-2H3. The normalized spacial score (nSPS) is 12.4. The molecule has 0 amide bonds. The van der Waals surface area contributed by atoms with Gasteiger partial charge in [-0.25, -0.2) is 0 Å². The van der Waals surface area contributed by atoms with Gasteiger partial charge in [-0.05, 0) is 49.4 Å². The molecule has 2 aromatic carbocycles. The maximum Gasteiger partial charge on any atom is 0.0546 e. The zero-order valence-corrected chi connectivity index (χ0v) is 13.8. The molecule has 2 aromatic rings. The van der Waals surface area contributed by atoms with Crippen LogP contribution in [0.4, 0.5) is 0 Å². The fourth-order valence-electron chi connectivity index (χ4n) is 1.93. The van der Waals surface area contributed by atoms with Crippen molar-refractivity contribution in [1.82, 2.24) is 5.32 Å². The summed E-state index contributed by atoms with van der Waals surface area (Å²) in [5, 5.41) is 4.83. The second-order valence-electron chi connectivity index (χ2n) is 4.53. The first-order chi connectivity index (χ1) is 9.60. The molecule has 20 heavy (non-hydrogen) atoms. The molecule has 0 spiro atoms. The van der Waals surface area contributed by atoms with Gasteiger partial charge in [0, 0.05) is 20.9 Å². The van der Waals surface area contributed by atoms with Crippen LogP contribution < -0.4 is 5.32 Å². The molecular weight excluding hydrogens is 309 g/mol. The highest BCUT2D eigenvalue weighted by atomic mass is 35.5. The number of hydrogen-bond acceptors (Lipinski definition) is 2. The van der Waals surface area contributed by atoms with Gasteiger partial charge in [-0.2, -0.15) is 0 Å². The maximum absolute atomic E-state index is 6.18. The van der Waals surface area contributed by atoms with Crippen molar-refractivity contribution < 1.29 is 0 Å². The number of nitrogens with one attached hydrogen (secondary N) is 1. The summed E-state index contributed by atoms with van der Waals surface area (Å²) in [6.07, 6.45) is 0. The van der Waals surface area contributed by atoms with Gasteiger partial charge in [-0.1, -0.05) is 54.0 Å². The summed E-state index contributed by atoms with van der Waals surface area (Å²) < 4.78 is 0. The van der Waals surface area contributed by atoms with Gasteiger partial charge in [0.25, 0.3) is 0 Å². The third kappa shape index (κ3) is 4.16. The van der Waals surface area contributed by atoms with E-state index in [0.29, 0.717) is 11.1 Å². The molecule has 0 aliphatic rings. The van der Waals surface area contributed by atoms with E-state index in [4.69, 9.17) is 23.2 Å². The van der Waals surface area contributed by atoms with Gasteiger partial charge in [0.1, 0.15) is 0 Å². The lowest BCUT2D eigenvalue weighted by atomic mass is 10.1. The fourth-order valence-corrected chi connectivity index (χ4v) is 3.28. The molecule has 106 valence electrons. The van der Waals surface area contributed by atoms with Gasteiger partial charge in [0.15, 0.2) is 0 Å². The monoisotopic (exact) mass is 325 g/mol. The number of benzene rings is 2. The van der Waals surface area contributed by atoms with Gasteiger partial charge in [-0.3, -0.25) is 0 Å². The zero-order valence-electron chi connectivity index (χ0n) is 11.5. The summed E-state index contributed by atoms with van der Waals surface area (Å²) in [4.78, 5) is 2.13. The first-order valence-electron chi connectivity index (χ1n) is 6.56. The van der Waals surface area contributed by atoms with Crippen molar-refractivity contribution in [2.24, 2.45) is 0 Å². The van der Waals surface area contributed by atoms with E-state index in [1.807, 2.05) is 12.1 Å². The molecule has 0 heterocycles. The SMILES string of the molecule is CCNC(C)c1ccc(Sc2cc(Cl)ccc2Cl)cc1. The van der Waals surface area contributed by atoms with Crippen molar-refractivity contribution in [3.05, 3.63) is 58.1 Å². The number of hydrogen-bond donors (Lipinski definition) is 1. The van der Waals surface area contributed by atoms with Crippen molar-refractivity contribution >= 4 is 35.0 Å². The van der Waals surface area contributed by atoms with E-state index in [2.05, 4.69) is 43.4 Å². The average molecular weight is 326 g/mol. The van der Waals surface area contributed by atoms with Crippen LogP contribution in [0.25, 0.3) is 0 Å². The van der Waals surface area contributed by atoms with Crippen molar-refractivity contribution in [3.63, 3.8) is 0 Å². The summed E-state index contributed by atoms with van der Waals surface area (Å²) in [7, 11) is 0. The van der Waals surface area contributed by atoms with Gasteiger partial charge >= 0.3 is 0 Å². The van der Waals surface area contributed by atoms with Crippen molar-refractivity contribution in [2.75, 3.05) is 6.54 Å². The zero-order chi connectivity index (χ0) is 14.5. The van der Waals surface area contributed by atoms with Crippen LogP contribution >= 0.6 is 35.0 Å². The lowest BCUT2D eigenvalue weighted by Gasteiger charge is -2.13. The molecule has 0 saturated carbocycles. The van der Waals surface area contributed by atoms with E-state index in [1.54, 1.807) is 17.8 Å². The molecule has 1 N–H and O–H groups in total. The molecule has 2 rings (SSSR count). The Bertz CT molecular complexity index is 569. The summed E-state index contributed by atoms with van der Waals surface area (Å²) in [5.41, 5.74) is 1.29. The number of halogens is 2. The molecule has 1 nitrogen and oxygen atoms in total. The van der Waals surface area contributed by atoms with Gasteiger partial charge < -0.3 is 5.32 Å². The van der Waals surface area contributed by atoms with Crippen LogP contribution in [0.1, 0.15) is 25.5 Å². The molecule has 0 bridgehead atoms. The van der Waals surface area contributed by atoms with E-state index in [9.17, 15) is 0 Å². The minimum atomic E-state index is 0.369. The van der Waals surface area contributed by atoms with E-state index < -0.39 is 0 Å². The molecule has 0 aliphatic carbocycles. The van der Waals surface area contributed by atoms with Crippen LogP contribution in [-0.4, -0.2) is 6.54 Å². The quantitative estimate of drug-likeness (QED) is 0.743. The fraction of sp³-hybridized carbons (Fsp3) is 0.250. The van der Waals surface area contributed by atoms with Crippen LogP contribution in [0.3, 0.4) is 0 Å². The van der Waals surface area contributed by atoms with Crippen LogP contribution in [-0.2, 0) is 0 Å². The van der Waals surface area contributed by atoms with Crippen molar-refractivity contribution in [2.45, 2.75) is 29.7 Å². The molecule has 0 saturated heterocycles. The highest BCUT2D eigenvalue weighted by molar-refractivity contribution is 7.99. The summed E-state index contributed by atoms with van der Waals surface area (Å²) in [6, 6.07) is 14.4. The minimum Gasteiger partial charge on any atom is -0.310 e. The third-order valence-corrected chi connectivity index (χ3v) is 4.75. The van der Waals surface area contributed by atoms with Gasteiger partial charge in [0.05, 0.1) is 5.02 Å². The lowest BCUT2D eigenvalue weighted by molar-refractivity contribution is 0.598. The summed E-state index contributed by atoms with van der Waals surface area (Å²) >= 11 is 13.8. The lowest BCUT2D eigenvalue weighted by Crippen LogP contribution is -2.17. The van der Waals surface area contributed by atoms with Crippen molar-refractivity contribution in [1.29, 1.82) is 0 Å². The Morgan fingerprint density at radius 2 is 1.80 bits per heavy atom. The first-order valence-corrected chi connectivity index (χ1v) is 8.13.